The number of rotatable bonds is 5. The van der Waals surface area contributed by atoms with Crippen LogP contribution in [0.5, 0.6) is 5.75 Å². The van der Waals surface area contributed by atoms with Crippen molar-refractivity contribution in [3.8, 4) is 5.75 Å². The number of carbonyl (C=O) groups is 1. The van der Waals surface area contributed by atoms with Crippen LogP contribution in [0.4, 0.5) is 11.4 Å². The number of halogens is 2. The number of piperazine rings is 1. The fraction of sp³-hybridized carbons (Fsp3) is 0.316. The summed E-state index contributed by atoms with van der Waals surface area (Å²) in [5.41, 5.74) is 1.91. The molecule has 0 bridgehead atoms. The summed E-state index contributed by atoms with van der Waals surface area (Å²) in [6.45, 7) is 3.90. The predicted octanol–water partition coefficient (Wildman–Crippen LogP) is 3.53. The Labute approximate surface area is 165 Å². The average Bonchev–Trinajstić information content (AvgIpc) is 2.62. The molecule has 2 aromatic carbocycles. The van der Waals surface area contributed by atoms with Gasteiger partial charge in [-0.2, -0.15) is 0 Å². The zero-order chi connectivity index (χ0) is 17.6. The van der Waals surface area contributed by atoms with E-state index in [1.165, 1.54) is 5.69 Å². The van der Waals surface area contributed by atoms with E-state index in [0.29, 0.717) is 11.6 Å². The summed E-state index contributed by atoms with van der Waals surface area (Å²) in [6.07, 6.45) is 0. The Morgan fingerprint density at radius 1 is 1.12 bits per heavy atom. The lowest BCUT2D eigenvalue weighted by Gasteiger charge is -2.35. The van der Waals surface area contributed by atoms with E-state index in [1.54, 1.807) is 19.2 Å². The molecule has 0 aromatic heterocycles. The first-order valence-corrected chi connectivity index (χ1v) is 8.68. The Morgan fingerprint density at radius 3 is 2.42 bits per heavy atom. The van der Waals surface area contributed by atoms with Crippen molar-refractivity contribution < 1.29 is 9.53 Å². The number of amides is 1. The normalized spacial score (nSPS) is 14.5. The van der Waals surface area contributed by atoms with E-state index in [9.17, 15) is 4.79 Å². The van der Waals surface area contributed by atoms with Crippen LogP contribution in [0, 0.1) is 0 Å². The summed E-state index contributed by atoms with van der Waals surface area (Å²) in [6, 6.07) is 15.3. The monoisotopic (exact) mass is 395 g/mol. The molecule has 1 aliphatic heterocycles. The van der Waals surface area contributed by atoms with Crippen LogP contribution in [-0.4, -0.2) is 50.6 Å². The lowest BCUT2D eigenvalue weighted by Crippen LogP contribution is -2.48. The third-order valence-electron chi connectivity index (χ3n) is 4.29. The molecule has 0 atom stereocenters. The first kappa shape index (κ1) is 20.4. The molecule has 0 radical (unpaired) electrons. The van der Waals surface area contributed by atoms with Crippen LogP contribution in [0.25, 0.3) is 0 Å². The van der Waals surface area contributed by atoms with Gasteiger partial charge in [-0.05, 0) is 42.5 Å². The van der Waals surface area contributed by atoms with Crippen LogP contribution in [0.1, 0.15) is 0 Å². The van der Waals surface area contributed by atoms with Gasteiger partial charge in [0, 0.05) is 42.6 Å². The van der Waals surface area contributed by atoms with Gasteiger partial charge in [0.2, 0.25) is 5.91 Å². The van der Waals surface area contributed by atoms with Crippen LogP contribution < -0.4 is 15.0 Å². The minimum atomic E-state index is -0.0137. The molecule has 1 N–H and O–H groups in total. The van der Waals surface area contributed by atoms with E-state index in [2.05, 4.69) is 27.2 Å². The second kappa shape index (κ2) is 9.67. The summed E-state index contributed by atoms with van der Waals surface area (Å²) >= 11 is 5.94. The minimum Gasteiger partial charge on any atom is -0.497 e. The Kier molecular flexibility index (Phi) is 7.57. The molecule has 0 spiro atoms. The SMILES string of the molecule is COc1ccc(N2CCN(CC(=O)Nc3cccc(Cl)c3)CC2)cc1.Cl. The predicted molar refractivity (Wildman–Crippen MR) is 109 cm³/mol. The molecule has 1 saturated heterocycles. The van der Waals surface area contributed by atoms with Crippen LogP contribution >= 0.6 is 24.0 Å². The van der Waals surface area contributed by atoms with Gasteiger partial charge in [0.05, 0.1) is 13.7 Å². The molecule has 7 heteroatoms. The van der Waals surface area contributed by atoms with Crippen molar-refractivity contribution in [3.63, 3.8) is 0 Å². The average molecular weight is 396 g/mol. The number of benzene rings is 2. The van der Waals surface area contributed by atoms with Crippen molar-refractivity contribution in [1.82, 2.24) is 4.90 Å². The fourth-order valence-electron chi connectivity index (χ4n) is 2.93. The molecule has 1 amide bonds. The van der Waals surface area contributed by atoms with Gasteiger partial charge in [-0.15, -0.1) is 12.4 Å². The highest BCUT2D eigenvalue weighted by atomic mass is 35.5. The third-order valence-corrected chi connectivity index (χ3v) is 4.52. The highest BCUT2D eigenvalue weighted by Crippen LogP contribution is 2.20. The number of carbonyl (C=O) groups excluding carboxylic acids is 1. The maximum atomic E-state index is 12.2. The molecule has 140 valence electrons. The van der Waals surface area contributed by atoms with E-state index >= 15 is 0 Å². The summed E-state index contributed by atoms with van der Waals surface area (Å²) in [5.74, 6) is 0.847. The summed E-state index contributed by atoms with van der Waals surface area (Å²) in [7, 11) is 1.67. The van der Waals surface area contributed by atoms with E-state index in [-0.39, 0.29) is 18.3 Å². The maximum Gasteiger partial charge on any atom is 0.238 e. The Balaban J connectivity index is 0.00000243. The number of methoxy groups -OCH3 is 1. The summed E-state index contributed by atoms with van der Waals surface area (Å²) in [4.78, 5) is 16.7. The van der Waals surface area contributed by atoms with Gasteiger partial charge in [-0.1, -0.05) is 17.7 Å². The number of nitrogens with zero attached hydrogens (tertiary/aromatic N) is 2. The largest absolute Gasteiger partial charge is 0.497 e. The van der Waals surface area contributed by atoms with E-state index in [1.807, 2.05) is 24.3 Å². The quantitative estimate of drug-likeness (QED) is 0.840. The molecule has 0 saturated carbocycles. The number of hydrogen-bond acceptors (Lipinski definition) is 4. The van der Waals surface area contributed by atoms with Gasteiger partial charge in [-0.25, -0.2) is 0 Å². The molecule has 0 unspecified atom stereocenters. The van der Waals surface area contributed by atoms with Gasteiger partial charge in [0.1, 0.15) is 5.75 Å². The highest BCUT2D eigenvalue weighted by molar-refractivity contribution is 6.30. The molecule has 5 nitrogen and oxygen atoms in total. The zero-order valence-electron chi connectivity index (χ0n) is 14.7. The summed E-state index contributed by atoms with van der Waals surface area (Å²) in [5, 5.41) is 3.51. The van der Waals surface area contributed by atoms with Crippen molar-refractivity contribution in [2.45, 2.75) is 0 Å². The maximum absolute atomic E-state index is 12.2. The van der Waals surface area contributed by atoms with Crippen molar-refractivity contribution in [2.75, 3.05) is 50.1 Å². The Morgan fingerprint density at radius 2 is 1.81 bits per heavy atom. The van der Waals surface area contributed by atoms with Gasteiger partial charge in [0.25, 0.3) is 0 Å². The number of ether oxygens (including phenoxy) is 1. The fourth-order valence-corrected chi connectivity index (χ4v) is 3.12. The Hall–Kier alpha value is -1.95. The topological polar surface area (TPSA) is 44.8 Å². The van der Waals surface area contributed by atoms with Gasteiger partial charge in [0.15, 0.2) is 0 Å². The standard InChI is InChI=1S/C19H22ClN3O2.ClH/c1-25-18-7-5-17(6-8-18)23-11-9-22(10-12-23)14-19(24)21-16-4-2-3-15(20)13-16;/h2-8,13H,9-12,14H2,1H3,(H,21,24);1H. The summed E-state index contributed by atoms with van der Waals surface area (Å²) < 4.78 is 5.19. The molecular formula is C19H23Cl2N3O2. The zero-order valence-corrected chi connectivity index (χ0v) is 16.2. The van der Waals surface area contributed by atoms with Crippen molar-refractivity contribution in [1.29, 1.82) is 0 Å². The Bertz CT molecular complexity index is 717. The van der Waals surface area contributed by atoms with Crippen molar-refractivity contribution in [2.24, 2.45) is 0 Å². The van der Waals surface area contributed by atoms with Crippen LogP contribution in [-0.2, 0) is 4.79 Å². The molecule has 2 aromatic rings. The number of anilines is 2. The van der Waals surface area contributed by atoms with Crippen molar-refractivity contribution >= 4 is 41.3 Å². The molecule has 0 aliphatic carbocycles. The molecule has 26 heavy (non-hydrogen) atoms. The van der Waals surface area contributed by atoms with Crippen molar-refractivity contribution in [3.05, 3.63) is 53.6 Å². The van der Waals surface area contributed by atoms with Crippen LogP contribution in [0.2, 0.25) is 5.02 Å². The molecule has 1 aliphatic rings. The molecule has 1 fully saturated rings. The van der Waals surface area contributed by atoms with Crippen LogP contribution in [0.3, 0.4) is 0 Å². The molecule has 1 heterocycles. The van der Waals surface area contributed by atoms with Gasteiger partial charge in [-0.3, -0.25) is 9.69 Å². The lowest BCUT2D eigenvalue weighted by atomic mass is 10.2. The molecular weight excluding hydrogens is 373 g/mol. The van der Waals surface area contributed by atoms with E-state index in [4.69, 9.17) is 16.3 Å². The third kappa shape index (κ3) is 5.53. The van der Waals surface area contributed by atoms with Gasteiger partial charge >= 0.3 is 0 Å². The molecule has 3 rings (SSSR count). The van der Waals surface area contributed by atoms with E-state index < -0.39 is 0 Å². The second-order valence-electron chi connectivity index (χ2n) is 6.02. The second-order valence-corrected chi connectivity index (χ2v) is 6.46. The first-order valence-electron chi connectivity index (χ1n) is 8.31. The number of hydrogen-bond donors (Lipinski definition) is 1. The van der Waals surface area contributed by atoms with Gasteiger partial charge < -0.3 is 15.0 Å². The first-order chi connectivity index (χ1) is 12.1. The smallest absolute Gasteiger partial charge is 0.238 e. The minimum absolute atomic E-state index is 0. The number of nitrogens with one attached hydrogen (secondary N) is 1. The van der Waals surface area contributed by atoms with Crippen LogP contribution in [0.15, 0.2) is 48.5 Å². The lowest BCUT2D eigenvalue weighted by molar-refractivity contribution is -0.117. The van der Waals surface area contributed by atoms with E-state index in [0.717, 1.165) is 37.6 Å². The highest BCUT2D eigenvalue weighted by Gasteiger charge is 2.19.